The summed E-state index contributed by atoms with van der Waals surface area (Å²) in [5, 5.41) is 10.6. The van der Waals surface area contributed by atoms with Crippen molar-refractivity contribution in [2.45, 2.75) is 6.92 Å². The normalized spacial score (nSPS) is 10.5. The molecule has 1 N–H and O–H groups in total. The topological polar surface area (TPSA) is 58.9 Å². The molecule has 17 heavy (non-hydrogen) atoms. The lowest BCUT2D eigenvalue weighted by Gasteiger charge is -2.00. The minimum atomic E-state index is -0.842. The molecule has 0 atom stereocenters. The van der Waals surface area contributed by atoms with Crippen molar-refractivity contribution in [3.8, 4) is 11.3 Å². The Morgan fingerprint density at radius 1 is 1.53 bits per heavy atom. The molecule has 0 aliphatic heterocycles. The first-order valence-electron chi connectivity index (χ1n) is 4.63. The van der Waals surface area contributed by atoms with E-state index in [1.165, 1.54) is 23.5 Å². The van der Waals surface area contributed by atoms with Crippen LogP contribution >= 0.6 is 23.6 Å². The number of rotatable bonds is 2. The van der Waals surface area contributed by atoms with E-state index in [2.05, 4.69) is 4.98 Å². The highest BCUT2D eigenvalue weighted by Crippen LogP contribution is 2.29. The van der Waals surface area contributed by atoms with Crippen molar-refractivity contribution in [1.29, 1.82) is 0 Å². The highest BCUT2D eigenvalue weighted by atomic mass is 32.1. The van der Waals surface area contributed by atoms with Crippen LogP contribution in [0.15, 0.2) is 18.2 Å². The number of halogens is 1. The van der Waals surface area contributed by atoms with Gasteiger partial charge in [0.2, 0.25) is 5.82 Å². The van der Waals surface area contributed by atoms with Crippen LogP contribution in [0.3, 0.4) is 0 Å². The monoisotopic (exact) mass is 270 g/mol. The second-order valence-corrected chi connectivity index (χ2v) is 5.26. The van der Waals surface area contributed by atoms with Gasteiger partial charge in [0.15, 0.2) is 3.95 Å². The number of H-pyrrole nitrogens is 1. The molecule has 0 unspecified atom stereocenters. The van der Waals surface area contributed by atoms with E-state index in [4.69, 9.17) is 12.2 Å². The number of aryl methyl sites for hydroxylation is 1. The van der Waals surface area contributed by atoms with Gasteiger partial charge in [-0.1, -0.05) is 0 Å². The van der Waals surface area contributed by atoms with Crippen LogP contribution in [0.4, 0.5) is 10.1 Å². The van der Waals surface area contributed by atoms with E-state index in [0.717, 1.165) is 10.9 Å². The summed E-state index contributed by atoms with van der Waals surface area (Å²) in [6.07, 6.45) is 0. The first-order valence-corrected chi connectivity index (χ1v) is 5.85. The molecule has 7 heteroatoms. The zero-order valence-corrected chi connectivity index (χ0v) is 10.3. The molecule has 1 aromatic carbocycles. The van der Waals surface area contributed by atoms with Gasteiger partial charge in [-0.3, -0.25) is 10.1 Å². The second kappa shape index (κ2) is 4.34. The fraction of sp³-hybridized carbons (Fsp3) is 0.100. The molecule has 2 rings (SSSR count). The van der Waals surface area contributed by atoms with Crippen molar-refractivity contribution in [1.82, 2.24) is 4.98 Å². The minimum absolute atomic E-state index is 0.535. The smallest absolute Gasteiger partial charge is 0.305 e. The summed E-state index contributed by atoms with van der Waals surface area (Å²) in [6, 6.07) is 3.78. The Morgan fingerprint density at radius 2 is 2.24 bits per heavy atom. The Balaban J connectivity index is 2.61. The molecular weight excluding hydrogens is 263 g/mol. The lowest BCUT2D eigenvalue weighted by atomic mass is 10.1. The largest absolute Gasteiger partial charge is 0.337 e. The Morgan fingerprint density at radius 3 is 2.76 bits per heavy atom. The number of nitro benzene ring substituents is 1. The van der Waals surface area contributed by atoms with Gasteiger partial charge in [0.05, 0.1) is 10.6 Å². The number of nitro groups is 1. The van der Waals surface area contributed by atoms with Crippen LogP contribution < -0.4 is 0 Å². The highest BCUT2D eigenvalue weighted by Gasteiger charge is 2.16. The summed E-state index contributed by atoms with van der Waals surface area (Å²) >= 11 is 6.36. The molecule has 0 bridgehead atoms. The lowest BCUT2D eigenvalue weighted by Crippen LogP contribution is -1.93. The van der Waals surface area contributed by atoms with Gasteiger partial charge in [-0.25, -0.2) is 0 Å². The molecule has 1 heterocycles. The maximum atomic E-state index is 13.2. The molecule has 0 amide bonds. The van der Waals surface area contributed by atoms with Crippen LogP contribution in [-0.4, -0.2) is 9.91 Å². The zero-order chi connectivity index (χ0) is 12.6. The molecular formula is C10H7FN2O2S2. The van der Waals surface area contributed by atoms with Crippen molar-refractivity contribution >= 4 is 29.2 Å². The zero-order valence-electron chi connectivity index (χ0n) is 8.69. The van der Waals surface area contributed by atoms with Crippen LogP contribution in [0.25, 0.3) is 11.3 Å². The lowest BCUT2D eigenvalue weighted by molar-refractivity contribution is -0.387. The number of benzene rings is 1. The molecule has 0 aliphatic carbocycles. The van der Waals surface area contributed by atoms with Crippen LogP contribution in [0.1, 0.15) is 4.88 Å². The average molecular weight is 270 g/mol. The number of nitrogens with zero attached hydrogens (tertiary/aromatic N) is 1. The maximum Gasteiger partial charge on any atom is 0.305 e. The Kier molecular flexibility index (Phi) is 3.03. The third-order valence-electron chi connectivity index (χ3n) is 2.26. The summed E-state index contributed by atoms with van der Waals surface area (Å²) in [4.78, 5) is 13.7. The molecule has 0 saturated carbocycles. The van der Waals surface area contributed by atoms with Crippen LogP contribution in [0, 0.1) is 26.8 Å². The predicted octanol–water partition coefficient (Wildman–Crippen LogP) is 3.83. The first-order chi connectivity index (χ1) is 7.99. The van der Waals surface area contributed by atoms with Gasteiger partial charge < -0.3 is 4.98 Å². The third kappa shape index (κ3) is 2.25. The van der Waals surface area contributed by atoms with Gasteiger partial charge in [-0.05, 0) is 31.3 Å². The summed E-state index contributed by atoms with van der Waals surface area (Å²) in [5.74, 6) is -0.842. The van der Waals surface area contributed by atoms with Gasteiger partial charge >= 0.3 is 5.69 Å². The van der Waals surface area contributed by atoms with Crippen molar-refractivity contribution in [3.63, 3.8) is 0 Å². The third-order valence-corrected chi connectivity index (χ3v) is 3.41. The Labute approximate surface area is 105 Å². The summed E-state index contributed by atoms with van der Waals surface area (Å²) in [6.45, 7) is 1.85. The van der Waals surface area contributed by atoms with E-state index in [1.807, 2.05) is 6.92 Å². The van der Waals surface area contributed by atoms with Gasteiger partial charge in [0.1, 0.15) is 0 Å². The van der Waals surface area contributed by atoms with Gasteiger partial charge in [0.25, 0.3) is 0 Å². The predicted molar refractivity (Wildman–Crippen MR) is 66.3 cm³/mol. The molecule has 0 saturated heterocycles. The highest BCUT2D eigenvalue weighted by molar-refractivity contribution is 7.73. The van der Waals surface area contributed by atoms with E-state index in [0.29, 0.717) is 15.2 Å². The fourth-order valence-corrected chi connectivity index (χ4v) is 2.67. The number of hydrogen-bond acceptors (Lipinski definition) is 4. The first kappa shape index (κ1) is 11.9. The molecule has 0 radical (unpaired) electrons. The van der Waals surface area contributed by atoms with Crippen LogP contribution in [0.5, 0.6) is 0 Å². The SMILES string of the molecule is Cc1sc(=S)[nH]c1-c1ccc(F)c([N+](=O)[O-])c1. The Hall–Kier alpha value is -1.60. The quantitative estimate of drug-likeness (QED) is 0.512. The number of thiazole rings is 1. The van der Waals surface area contributed by atoms with E-state index in [1.54, 1.807) is 0 Å². The maximum absolute atomic E-state index is 13.2. The molecule has 0 fully saturated rings. The van der Waals surface area contributed by atoms with Crippen molar-refractivity contribution in [3.05, 3.63) is 43.0 Å². The van der Waals surface area contributed by atoms with E-state index in [9.17, 15) is 14.5 Å². The van der Waals surface area contributed by atoms with Crippen molar-refractivity contribution in [2.24, 2.45) is 0 Å². The molecule has 1 aromatic heterocycles. The minimum Gasteiger partial charge on any atom is -0.337 e. The van der Waals surface area contributed by atoms with Gasteiger partial charge in [-0.2, -0.15) is 4.39 Å². The standard InChI is InChI=1S/C10H7FN2O2S2/c1-5-9(12-10(16)17-5)6-2-3-7(11)8(4-6)13(14)15/h2-4H,1H3,(H,12,16). The second-order valence-electron chi connectivity index (χ2n) is 3.37. The van der Waals surface area contributed by atoms with E-state index >= 15 is 0 Å². The molecule has 2 aromatic rings. The number of nitrogens with one attached hydrogen (secondary N) is 1. The number of aromatic amines is 1. The number of hydrogen-bond donors (Lipinski definition) is 1. The van der Waals surface area contributed by atoms with Crippen molar-refractivity contribution < 1.29 is 9.31 Å². The fourth-order valence-electron chi connectivity index (χ4n) is 1.49. The summed E-state index contributed by atoms with van der Waals surface area (Å²) in [7, 11) is 0. The van der Waals surface area contributed by atoms with Gasteiger partial charge in [0, 0.05) is 16.5 Å². The van der Waals surface area contributed by atoms with Gasteiger partial charge in [-0.15, -0.1) is 11.3 Å². The molecule has 0 spiro atoms. The van der Waals surface area contributed by atoms with E-state index < -0.39 is 16.4 Å². The molecule has 0 aliphatic rings. The van der Waals surface area contributed by atoms with Crippen LogP contribution in [-0.2, 0) is 0 Å². The van der Waals surface area contributed by atoms with E-state index in [-0.39, 0.29) is 0 Å². The summed E-state index contributed by atoms with van der Waals surface area (Å²) in [5.41, 5.74) is 0.721. The Bertz CT molecular complexity index is 648. The molecule has 88 valence electrons. The summed E-state index contributed by atoms with van der Waals surface area (Å²) < 4.78 is 13.8. The average Bonchev–Trinajstić information content (AvgIpc) is 2.58. The number of aromatic nitrogens is 1. The van der Waals surface area contributed by atoms with Crippen molar-refractivity contribution in [2.75, 3.05) is 0 Å². The van der Waals surface area contributed by atoms with Crippen LogP contribution in [0.2, 0.25) is 0 Å². The molecule has 4 nitrogen and oxygen atoms in total.